The van der Waals surface area contributed by atoms with E-state index in [1.165, 1.54) is 7.11 Å². The maximum atomic E-state index is 12.2. The zero-order valence-electron chi connectivity index (χ0n) is 12.7. The van der Waals surface area contributed by atoms with E-state index in [1.54, 1.807) is 7.11 Å². The summed E-state index contributed by atoms with van der Waals surface area (Å²) in [6, 6.07) is 0.00219. The molecule has 0 aromatic heterocycles. The largest absolute Gasteiger partial charge is 0.377 e. The van der Waals surface area contributed by atoms with E-state index in [9.17, 15) is 9.69 Å². The van der Waals surface area contributed by atoms with Crippen LogP contribution < -0.4 is 5.32 Å². The molecule has 1 rings (SSSR count). The predicted octanol–water partition coefficient (Wildman–Crippen LogP) is 0.239. The van der Waals surface area contributed by atoms with E-state index in [4.69, 9.17) is 9.26 Å². The van der Waals surface area contributed by atoms with E-state index >= 15 is 0 Å². The Hall–Kier alpha value is -0.300. The van der Waals surface area contributed by atoms with Gasteiger partial charge in [-0.2, -0.15) is 0 Å². The third kappa shape index (κ3) is 5.24. The van der Waals surface area contributed by atoms with Crippen LogP contribution in [0.3, 0.4) is 0 Å². The minimum atomic E-state index is -1.86. The number of hydrogen-bond acceptors (Lipinski definition) is 5. The van der Waals surface area contributed by atoms with E-state index in [2.05, 4.69) is 23.9 Å². The molecule has 1 fully saturated rings. The van der Waals surface area contributed by atoms with Gasteiger partial charge in [0.25, 0.3) is 5.91 Å². The van der Waals surface area contributed by atoms with E-state index in [0.717, 1.165) is 23.9 Å². The molecule has 118 valence electrons. The molecular weight excluding hydrogens is 283 g/mol. The number of amides is 1. The van der Waals surface area contributed by atoms with Crippen molar-refractivity contribution < 1.29 is 28.0 Å². The number of nitrogens with one attached hydrogen (secondary N) is 1. The fraction of sp³-hybridized carbons (Fsp3) is 0.917. The van der Waals surface area contributed by atoms with Crippen molar-refractivity contribution in [1.29, 1.82) is 0 Å². The number of likely N-dealkylation sites (N-methyl/N-ethyl adjacent to an activating group) is 1. The standard InChI is InChI=1S/C12H25N2O5P/c1-14(2)7-5-6-11(14)12(15)13-8-10(17-3)9-19-20(16)18-4/h10-11,16H,5-9H2,1-4H3/p+1. The van der Waals surface area contributed by atoms with Crippen molar-refractivity contribution in [2.45, 2.75) is 25.0 Å². The topological polar surface area (TPSA) is 77.0 Å². The second-order valence-corrected chi connectivity index (χ2v) is 6.58. The summed E-state index contributed by atoms with van der Waals surface area (Å²) in [5.41, 5.74) is 0. The molecule has 0 radical (unpaired) electrons. The van der Waals surface area contributed by atoms with Gasteiger partial charge in [-0.3, -0.25) is 4.79 Å². The Morgan fingerprint density at radius 3 is 2.70 bits per heavy atom. The average molecular weight is 309 g/mol. The smallest absolute Gasteiger partial charge is 0.329 e. The van der Waals surface area contributed by atoms with Gasteiger partial charge in [0, 0.05) is 33.6 Å². The zero-order chi connectivity index (χ0) is 15.2. The van der Waals surface area contributed by atoms with Gasteiger partial charge in [0.15, 0.2) is 6.04 Å². The molecule has 0 saturated carbocycles. The Balaban J connectivity index is 2.34. The molecule has 1 aliphatic rings. The molecule has 8 heteroatoms. The number of methoxy groups -OCH3 is 1. The summed E-state index contributed by atoms with van der Waals surface area (Å²) in [6.07, 6.45) is 1.69. The van der Waals surface area contributed by atoms with Crippen molar-refractivity contribution in [2.24, 2.45) is 0 Å². The summed E-state index contributed by atoms with van der Waals surface area (Å²) in [4.78, 5) is 21.4. The lowest BCUT2D eigenvalue weighted by molar-refractivity contribution is -0.893. The van der Waals surface area contributed by atoms with Crippen LogP contribution in [0.5, 0.6) is 0 Å². The van der Waals surface area contributed by atoms with E-state index in [1.807, 2.05) is 0 Å². The summed E-state index contributed by atoms with van der Waals surface area (Å²) in [5, 5.41) is 2.90. The Kier molecular flexibility index (Phi) is 7.29. The van der Waals surface area contributed by atoms with E-state index in [-0.39, 0.29) is 24.7 Å². The molecule has 1 saturated heterocycles. The first-order valence-electron chi connectivity index (χ1n) is 6.70. The van der Waals surface area contributed by atoms with Crippen LogP contribution >= 0.6 is 8.60 Å². The molecule has 1 aliphatic heterocycles. The van der Waals surface area contributed by atoms with Gasteiger partial charge in [0.1, 0.15) is 0 Å². The van der Waals surface area contributed by atoms with E-state index in [0.29, 0.717) is 6.54 Å². The molecule has 0 bridgehead atoms. The summed E-state index contributed by atoms with van der Waals surface area (Å²) in [5.74, 6) is 0.0487. The van der Waals surface area contributed by atoms with Crippen LogP contribution in [0.15, 0.2) is 0 Å². The quantitative estimate of drug-likeness (QED) is 0.496. The highest BCUT2D eigenvalue weighted by molar-refractivity contribution is 7.40. The zero-order valence-corrected chi connectivity index (χ0v) is 13.6. The molecule has 3 atom stereocenters. The van der Waals surface area contributed by atoms with Crippen molar-refractivity contribution in [3.8, 4) is 0 Å². The average Bonchev–Trinajstić information content (AvgIpc) is 2.77. The molecule has 2 N–H and O–H groups in total. The number of rotatable bonds is 8. The molecular formula is C12H26N2O5P+. The number of quaternary nitrogens is 1. The van der Waals surface area contributed by atoms with Crippen LogP contribution in [0.4, 0.5) is 0 Å². The first-order chi connectivity index (χ1) is 9.40. The van der Waals surface area contributed by atoms with Gasteiger partial charge in [-0.25, -0.2) is 0 Å². The lowest BCUT2D eigenvalue weighted by Crippen LogP contribution is -2.53. The van der Waals surface area contributed by atoms with Gasteiger partial charge < -0.3 is 28.5 Å². The highest BCUT2D eigenvalue weighted by atomic mass is 31.2. The summed E-state index contributed by atoms with van der Waals surface area (Å²) < 4.78 is 15.6. The molecule has 1 amide bonds. The van der Waals surface area contributed by atoms with Crippen LogP contribution in [0.2, 0.25) is 0 Å². The minimum Gasteiger partial charge on any atom is -0.377 e. The number of carbonyl (C=O) groups is 1. The van der Waals surface area contributed by atoms with Gasteiger partial charge in [-0.15, -0.1) is 0 Å². The molecule has 7 nitrogen and oxygen atoms in total. The number of likely N-dealkylation sites (tertiary alicyclic amines) is 1. The Morgan fingerprint density at radius 2 is 2.20 bits per heavy atom. The van der Waals surface area contributed by atoms with Crippen molar-refractivity contribution >= 4 is 14.5 Å². The fourth-order valence-corrected chi connectivity index (χ4v) is 2.79. The maximum Gasteiger partial charge on any atom is 0.329 e. The number of carbonyl (C=O) groups excluding carboxylic acids is 1. The van der Waals surface area contributed by atoms with Crippen LogP contribution in [0.1, 0.15) is 12.8 Å². The first kappa shape index (κ1) is 17.8. The molecule has 0 aliphatic carbocycles. The first-order valence-corrected chi connectivity index (χ1v) is 7.83. The van der Waals surface area contributed by atoms with Gasteiger partial charge in [-0.05, 0) is 0 Å². The van der Waals surface area contributed by atoms with Crippen molar-refractivity contribution in [3.05, 3.63) is 0 Å². The van der Waals surface area contributed by atoms with Gasteiger partial charge >= 0.3 is 8.60 Å². The van der Waals surface area contributed by atoms with Crippen LogP contribution in [0.25, 0.3) is 0 Å². The van der Waals surface area contributed by atoms with Crippen LogP contribution in [-0.2, 0) is 18.6 Å². The second-order valence-electron chi connectivity index (χ2n) is 5.48. The minimum absolute atomic E-state index is 0.00219. The number of ether oxygens (including phenoxy) is 1. The Labute approximate surface area is 121 Å². The van der Waals surface area contributed by atoms with Gasteiger partial charge in [0.2, 0.25) is 0 Å². The summed E-state index contributed by atoms with van der Waals surface area (Å²) in [7, 11) is 5.20. The van der Waals surface area contributed by atoms with Crippen molar-refractivity contribution in [2.75, 3.05) is 48.0 Å². The second kappa shape index (κ2) is 8.22. The number of hydrogen-bond donors (Lipinski definition) is 2. The summed E-state index contributed by atoms with van der Waals surface area (Å²) in [6.45, 7) is 1.56. The Morgan fingerprint density at radius 1 is 1.50 bits per heavy atom. The van der Waals surface area contributed by atoms with Gasteiger partial charge in [0.05, 0.1) is 33.4 Å². The number of nitrogens with zero attached hydrogens (tertiary/aromatic N) is 1. The highest BCUT2D eigenvalue weighted by Crippen LogP contribution is 2.31. The lowest BCUT2D eigenvalue weighted by atomic mass is 10.2. The molecule has 1 heterocycles. The fourth-order valence-electron chi connectivity index (χ4n) is 2.39. The maximum absolute atomic E-state index is 12.2. The van der Waals surface area contributed by atoms with Crippen LogP contribution in [-0.4, -0.2) is 75.4 Å². The van der Waals surface area contributed by atoms with Crippen LogP contribution in [0, 0.1) is 0 Å². The van der Waals surface area contributed by atoms with E-state index < -0.39 is 8.60 Å². The third-order valence-corrected chi connectivity index (χ3v) is 4.41. The molecule has 3 unspecified atom stereocenters. The lowest BCUT2D eigenvalue weighted by Gasteiger charge is -2.30. The van der Waals surface area contributed by atoms with Gasteiger partial charge in [-0.1, -0.05) is 0 Å². The SMILES string of the molecule is COC(CNC(=O)C1CCC[N+]1(C)C)COP(O)OC. The monoisotopic (exact) mass is 309 g/mol. The predicted molar refractivity (Wildman–Crippen MR) is 75.9 cm³/mol. The van der Waals surface area contributed by atoms with Crippen molar-refractivity contribution in [1.82, 2.24) is 5.32 Å². The molecule has 0 spiro atoms. The van der Waals surface area contributed by atoms with Crippen molar-refractivity contribution in [3.63, 3.8) is 0 Å². The molecule has 20 heavy (non-hydrogen) atoms. The summed E-state index contributed by atoms with van der Waals surface area (Å²) >= 11 is 0. The highest BCUT2D eigenvalue weighted by Gasteiger charge is 2.39. The molecule has 0 aromatic carbocycles. The normalized spacial score (nSPS) is 24.4. The third-order valence-electron chi connectivity index (χ3n) is 3.72. The molecule has 0 aromatic rings. The Bertz CT molecular complexity index is 316.